The van der Waals surface area contributed by atoms with Crippen LogP contribution in [0, 0.1) is 11.6 Å². The van der Waals surface area contributed by atoms with Crippen LogP contribution in [-0.4, -0.2) is 19.0 Å². The van der Waals surface area contributed by atoms with E-state index < -0.39 is 23.0 Å². The fourth-order valence-corrected chi connectivity index (χ4v) is 3.78. The van der Waals surface area contributed by atoms with Crippen LogP contribution in [0.2, 0.25) is 0 Å². The molecule has 2 aliphatic heterocycles. The summed E-state index contributed by atoms with van der Waals surface area (Å²) >= 11 is 0. The molecule has 4 nitrogen and oxygen atoms in total. The van der Waals surface area contributed by atoms with Crippen molar-refractivity contribution >= 4 is 17.6 Å². The summed E-state index contributed by atoms with van der Waals surface area (Å²) in [6, 6.07) is 5.25. The maximum Gasteiger partial charge on any atom is 0.338 e. The van der Waals surface area contributed by atoms with Gasteiger partial charge in [-0.2, -0.15) is 0 Å². The Labute approximate surface area is 143 Å². The first-order valence-corrected chi connectivity index (χ1v) is 7.83. The molecule has 4 rings (SSSR count). The van der Waals surface area contributed by atoms with Gasteiger partial charge in [0.15, 0.2) is 0 Å². The Balaban J connectivity index is 2.14. The first kappa shape index (κ1) is 15.7. The molecule has 2 aromatic carbocycles. The number of carbonyl (C=O) groups is 2. The number of ether oxygens (including phenoxy) is 1. The Bertz CT molecular complexity index is 966. The van der Waals surface area contributed by atoms with Crippen molar-refractivity contribution in [3.8, 4) is 11.1 Å². The average molecular weight is 343 g/mol. The van der Waals surface area contributed by atoms with Crippen molar-refractivity contribution in [3.05, 3.63) is 52.6 Å². The highest BCUT2D eigenvalue weighted by Gasteiger charge is 2.48. The van der Waals surface area contributed by atoms with Gasteiger partial charge in [0.05, 0.1) is 30.3 Å². The maximum atomic E-state index is 14.4. The predicted molar refractivity (Wildman–Crippen MR) is 87.3 cm³/mol. The van der Waals surface area contributed by atoms with Crippen LogP contribution >= 0.6 is 0 Å². The molecule has 1 amide bonds. The van der Waals surface area contributed by atoms with Crippen molar-refractivity contribution < 1.29 is 23.1 Å². The van der Waals surface area contributed by atoms with Gasteiger partial charge in [-0.15, -0.1) is 0 Å². The van der Waals surface area contributed by atoms with Crippen LogP contribution in [0.3, 0.4) is 0 Å². The molecule has 0 fully saturated rings. The Morgan fingerprint density at radius 3 is 2.64 bits per heavy atom. The molecule has 0 unspecified atom stereocenters. The molecule has 0 saturated carbocycles. The number of carbonyl (C=O) groups excluding carboxylic acids is 2. The number of halogens is 2. The molecule has 0 aromatic heterocycles. The molecule has 0 spiro atoms. The number of hydrogen-bond acceptors (Lipinski definition) is 3. The Hall–Kier alpha value is -2.76. The lowest BCUT2D eigenvalue weighted by atomic mass is 9.82. The summed E-state index contributed by atoms with van der Waals surface area (Å²) < 4.78 is 33.1. The van der Waals surface area contributed by atoms with Crippen LogP contribution in [0.1, 0.15) is 35.3 Å². The fraction of sp³-hybridized carbons (Fsp3) is 0.263. The molecule has 0 bridgehead atoms. The largest absolute Gasteiger partial charge is 0.465 e. The molecule has 2 aliphatic rings. The van der Waals surface area contributed by atoms with Gasteiger partial charge in [-0.3, -0.25) is 4.79 Å². The quantitative estimate of drug-likeness (QED) is 0.744. The van der Waals surface area contributed by atoms with Crippen LogP contribution in [-0.2, 0) is 21.5 Å². The number of fused-ring (bicyclic) bond motifs is 2. The van der Waals surface area contributed by atoms with Gasteiger partial charge < -0.3 is 9.64 Å². The van der Waals surface area contributed by atoms with Crippen molar-refractivity contribution in [1.29, 1.82) is 0 Å². The van der Waals surface area contributed by atoms with E-state index in [9.17, 15) is 18.4 Å². The van der Waals surface area contributed by atoms with Gasteiger partial charge >= 0.3 is 5.97 Å². The van der Waals surface area contributed by atoms with Crippen LogP contribution in [0.15, 0.2) is 24.3 Å². The van der Waals surface area contributed by atoms with Gasteiger partial charge in [-0.05, 0) is 37.1 Å². The number of amides is 1. The van der Waals surface area contributed by atoms with Gasteiger partial charge in [0.1, 0.15) is 11.6 Å². The molecule has 0 atom stereocenters. The van der Waals surface area contributed by atoms with Crippen LogP contribution in [0.4, 0.5) is 14.5 Å². The third-order valence-corrected chi connectivity index (χ3v) is 5.05. The zero-order chi connectivity index (χ0) is 18.1. The molecule has 0 N–H and O–H groups in total. The summed E-state index contributed by atoms with van der Waals surface area (Å²) in [5.74, 6) is -2.27. The highest BCUT2D eigenvalue weighted by Crippen LogP contribution is 2.52. The first-order chi connectivity index (χ1) is 11.8. The number of nitrogens with zero attached hydrogens (tertiary/aromatic N) is 1. The first-order valence-electron chi connectivity index (χ1n) is 7.83. The van der Waals surface area contributed by atoms with E-state index in [2.05, 4.69) is 0 Å². The Morgan fingerprint density at radius 1 is 1.24 bits per heavy atom. The molecule has 0 aliphatic carbocycles. The molecular formula is C19H15F2NO3. The molecule has 128 valence electrons. The maximum absolute atomic E-state index is 14.4. The molecule has 6 heteroatoms. The summed E-state index contributed by atoms with van der Waals surface area (Å²) in [7, 11) is 1.24. The molecule has 2 aromatic rings. The molecular weight excluding hydrogens is 328 g/mol. The third-order valence-electron chi connectivity index (χ3n) is 5.05. The van der Waals surface area contributed by atoms with E-state index in [-0.39, 0.29) is 29.1 Å². The topological polar surface area (TPSA) is 46.6 Å². The minimum Gasteiger partial charge on any atom is -0.465 e. The SMILES string of the molecule is COC(=O)c1ccc2c3c1-c1cc(F)cc(F)c1CN3C(=O)C2(C)C. The summed E-state index contributed by atoms with van der Waals surface area (Å²) in [5, 5.41) is 0. The summed E-state index contributed by atoms with van der Waals surface area (Å²) in [4.78, 5) is 26.6. The molecule has 25 heavy (non-hydrogen) atoms. The Morgan fingerprint density at radius 2 is 1.96 bits per heavy atom. The van der Waals surface area contributed by atoms with E-state index in [0.717, 1.165) is 11.6 Å². The van der Waals surface area contributed by atoms with Gasteiger partial charge in [-0.25, -0.2) is 13.6 Å². The monoisotopic (exact) mass is 343 g/mol. The lowest BCUT2D eigenvalue weighted by Gasteiger charge is -2.29. The number of esters is 1. The number of methoxy groups -OCH3 is 1. The predicted octanol–water partition coefficient (Wildman–Crippen LogP) is 3.56. The van der Waals surface area contributed by atoms with Gasteiger partial charge in [0.25, 0.3) is 0 Å². The zero-order valence-corrected chi connectivity index (χ0v) is 13.9. The number of anilines is 1. The second-order valence-corrected chi connectivity index (χ2v) is 6.81. The van der Waals surface area contributed by atoms with Gasteiger partial charge in [0.2, 0.25) is 5.91 Å². The van der Waals surface area contributed by atoms with E-state index in [4.69, 9.17) is 4.74 Å². The highest BCUT2D eigenvalue weighted by atomic mass is 19.1. The summed E-state index contributed by atoms with van der Waals surface area (Å²) in [6.07, 6.45) is 0. The summed E-state index contributed by atoms with van der Waals surface area (Å²) in [6.45, 7) is 3.57. The van der Waals surface area contributed by atoms with Crippen LogP contribution in [0.5, 0.6) is 0 Å². The van der Waals surface area contributed by atoms with E-state index in [0.29, 0.717) is 11.3 Å². The van der Waals surface area contributed by atoms with E-state index in [1.807, 2.05) is 0 Å². The van der Waals surface area contributed by atoms with Crippen LogP contribution < -0.4 is 4.90 Å². The summed E-state index contributed by atoms with van der Waals surface area (Å²) in [5.41, 5.74) is 1.48. The second-order valence-electron chi connectivity index (χ2n) is 6.81. The minimum atomic E-state index is -0.810. The van der Waals surface area contributed by atoms with Crippen molar-refractivity contribution in [2.24, 2.45) is 0 Å². The number of hydrogen-bond donors (Lipinski definition) is 0. The lowest BCUT2D eigenvalue weighted by molar-refractivity contribution is -0.122. The van der Waals surface area contributed by atoms with Crippen molar-refractivity contribution in [2.45, 2.75) is 25.8 Å². The van der Waals surface area contributed by atoms with Crippen molar-refractivity contribution in [3.63, 3.8) is 0 Å². The van der Waals surface area contributed by atoms with Crippen molar-refractivity contribution in [1.82, 2.24) is 0 Å². The van der Waals surface area contributed by atoms with Gasteiger partial charge in [0, 0.05) is 17.2 Å². The smallest absolute Gasteiger partial charge is 0.338 e. The standard InChI is InChI=1S/C19H15F2NO3/c1-19(2)13-5-4-10(17(23)25-3)15-11-6-9(20)7-14(21)12(11)8-22(16(13)15)18(19)24/h4-7H,8H2,1-3H3. The molecule has 0 radical (unpaired) electrons. The van der Waals surface area contributed by atoms with Crippen LogP contribution in [0.25, 0.3) is 11.1 Å². The van der Waals surface area contributed by atoms with E-state index in [1.54, 1.807) is 26.0 Å². The zero-order valence-electron chi connectivity index (χ0n) is 13.9. The second kappa shape index (κ2) is 4.88. The Kier molecular flexibility index (Phi) is 3.07. The highest BCUT2D eigenvalue weighted by molar-refractivity contribution is 6.15. The molecule has 2 heterocycles. The normalized spacial score (nSPS) is 16.5. The van der Waals surface area contributed by atoms with Gasteiger partial charge in [-0.1, -0.05) is 6.07 Å². The average Bonchev–Trinajstić information content (AvgIpc) is 2.76. The number of benzene rings is 2. The third kappa shape index (κ3) is 1.91. The van der Waals surface area contributed by atoms with Crippen molar-refractivity contribution in [2.75, 3.05) is 12.0 Å². The van der Waals surface area contributed by atoms with E-state index >= 15 is 0 Å². The minimum absolute atomic E-state index is 0.00827. The lowest BCUT2D eigenvalue weighted by Crippen LogP contribution is -2.37. The molecule has 0 saturated heterocycles. The van der Waals surface area contributed by atoms with E-state index in [1.165, 1.54) is 18.1 Å². The number of rotatable bonds is 1. The fourth-order valence-electron chi connectivity index (χ4n) is 3.78.